The molecule has 0 spiro atoms. The van der Waals surface area contributed by atoms with Gasteiger partial charge in [-0.3, -0.25) is 0 Å². The summed E-state index contributed by atoms with van der Waals surface area (Å²) in [5, 5.41) is 6.43. The zero-order chi connectivity index (χ0) is 17.4. The molecule has 6 heteroatoms. The molecule has 0 aliphatic carbocycles. The lowest BCUT2D eigenvalue weighted by molar-refractivity contribution is 0.354. The Morgan fingerprint density at radius 3 is 2.58 bits per heavy atom. The molecule has 1 heterocycles. The summed E-state index contributed by atoms with van der Waals surface area (Å²) < 4.78 is 10.6. The summed E-state index contributed by atoms with van der Waals surface area (Å²) in [6.45, 7) is 7.01. The van der Waals surface area contributed by atoms with Gasteiger partial charge in [-0.25, -0.2) is 4.98 Å². The van der Waals surface area contributed by atoms with Gasteiger partial charge in [0.15, 0.2) is 11.5 Å². The van der Waals surface area contributed by atoms with Gasteiger partial charge in [0.25, 0.3) is 0 Å². The van der Waals surface area contributed by atoms with Crippen LogP contribution in [0.5, 0.6) is 11.5 Å². The van der Waals surface area contributed by atoms with Crippen LogP contribution in [-0.4, -0.2) is 37.3 Å². The molecule has 0 atom stereocenters. The van der Waals surface area contributed by atoms with E-state index < -0.39 is 0 Å². The molecular formula is C18H24N4O2. The number of hydrogen-bond donors (Lipinski definition) is 2. The molecule has 0 radical (unpaired) electrons. The van der Waals surface area contributed by atoms with Crippen molar-refractivity contribution in [1.82, 2.24) is 9.97 Å². The largest absolute Gasteiger partial charge is 0.493 e. The van der Waals surface area contributed by atoms with Gasteiger partial charge in [-0.15, -0.1) is 6.58 Å². The predicted molar refractivity (Wildman–Crippen MR) is 97.2 cm³/mol. The maximum Gasteiger partial charge on any atom is 0.225 e. The highest BCUT2D eigenvalue weighted by Crippen LogP contribution is 2.27. The Morgan fingerprint density at radius 1 is 1.08 bits per heavy atom. The van der Waals surface area contributed by atoms with Gasteiger partial charge in [0.2, 0.25) is 5.95 Å². The molecule has 24 heavy (non-hydrogen) atoms. The van der Waals surface area contributed by atoms with E-state index in [9.17, 15) is 0 Å². The maximum atomic E-state index is 5.33. The Morgan fingerprint density at radius 2 is 1.88 bits per heavy atom. The van der Waals surface area contributed by atoms with E-state index in [1.807, 2.05) is 31.2 Å². The lowest BCUT2D eigenvalue weighted by Gasteiger charge is -2.11. The highest BCUT2D eigenvalue weighted by atomic mass is 16.5. The first kappa shape index (κ1) is 17.6. The van der Waals surface area contributed by atoms with Gasteiger partial charge in [0.1, 0.15) is 5.82 Å². The molecule has 2 N–H and O–H groups in total. The summed E-state index contributed by atoms with van der Waals surface area (Å²) >= 11 is 0. The van der Waals surface area contributed by atoms with E-state index in [1.165, 1.54) is 0 Å². The normalized spacial score (nSPS) is 10.1. The monoisotopic (exact) mass is 328 g/mol. The Kier molecular flexibility index (Phi) is 6.42. The molecular weight excluding hydrogens is 304 g/mol. The van der Waals surface area contributed by atoms with Crippen LogP contribution in [0.4, 0.5) is 11.8 Å². The van der Waals surface area contributed by atoms with Gasteiger partial charge in [-0.05, 0) is 31.0 Å². The van der Waals surface area contributed by atoms with Gasteiger partial charge in [-0.2, -0.15) is 4.98 Å². The molecule has 2 aromatic rings. The van der Waals surface area contributed by atoms with Crippen LogP contribution in [0.15, 0.2) is 36.9 Å². The lowest BCUT2D eigenvalue weighted by Crippen LogP contribution is -2.10. The third-order valence-electron chi connectivity index (χ3n) is 3.43. The van der Waals surface area contributed by atoms with E-state index in [4.69, 9.17) is 9.47 Å². The van der Waals surface area contributed by atoms with Crippen molar-refractivity contribution in [3.8, 4) is 11.5 Å². The fraction of sp³-hybridized carbons (Fsp3) is 0.333. The van der Waals surface area contributed by atoms with Crippen molar-refractivity contribution in [1.29, 1.82) is 0 Å². The van der Waals surface area contributed by atoms with E-state index in [1.54, 1.807) is 20.3 Å². The molecule has 6 nitrogen and oxygen atoms in total. The number of hydrogen-bond acceptors (Lipinski definition) is 6. The average molecular weight is 328 g/mol. The Hall–Kier alpha value is -2.76. The molecule has 0 amide bonds. The number of anilines is 2. The number of aryl methyl sites for hydroxylation is 1. The van der Waals surface area contributed by atoms with Gasteiger partial charge >= 0.3 is 0 Å². The molecule has 0 saturated heterocycles. The maximum absolute atomic E-state index is 5.33. The van der Waals surface area contributed by atoms with Crippen molar-refractivity contribution >= 4 is 11.8 Å². The van der Waals surface area contributed by atoms with Crippen LogP contribution in [-0.2, 0) is 6.42 Å². The standard InChI is InChI=1S/C18H24N4O2/c1-5-9-20-18-21-13(2)11-17(22-18)19-10-8-14-6-7-15(23-3)16(12-14)24-4/h5-7,11-12H,1,8-10H2,2-4H3,(H2,19,20,21,22). The first-order valence-corrected chi connectivity index (χ1v) is 7.81. The number of benzene rings is 1. The van der Waals surface area contributed by atoms with E-state index >= 15 is 0 Å². The van der Waals surface area contributed by atoms with Crippen LogP contribution in [0.1, 0.15) is 11.3 Å². The lowest BCUT2D eigenvalue weighted by atomic mass is 10.1. The summed E-state index contributed by atoms with van der Waals surface area (Å²) in [5.74, 6) is 2.88. The highest BCUT2D eigenvalue weighted by molar-refractivity contribution is 5.44. The van der Waals surface area contributed by atoms with Crippen molar-refractivity contribution in [3.63, 3.8) is 0 Å². The van der Waals surface area contributed by atoms with Crippen LogP contribution < -0.4 is 20.1 Å². The molecule has 1 aromatic carbocycles. The molecule has 2 rings (SSSR count). The molecule has 0 bridgehead atoms. The van der Waals surface area contributed by atoms with E-state index in [-0.39, 0.29) is 0 Å². The van der Waals surface area contributed by atoms with Crippen molar-refractivity contribution in [2.45, 2.75) is 13.3 Å². The first-order valence-electron chi connectivity index (χ1n) is 7.81. The fourth-order valence-corrected chi connectivity index (χ4v) is 2.27. The summed E-state index contributed by atoms with van der Waals surface area (Å²) in [4.78, 5) is 8.78. The Labute approximate surface area is 142 Å². The molecule has 0 aliphatic heterocycles. The molecule has 128 valence electrons. The van der Waals surface area contributed by atoms with E-state index in [0.29, 0.717) is 12.5 Å². The fourth-order valence-electron chi connectivity index (χ4n) is 2.27. The second-order valence-corrected chi connectivity index (χ2v) is 5.25. The van der Waals surface area contributed by atoms with Gasteiger partial charge in [0.05, 0.1) is 14.2 Å². The van der Waals surface area contributed by atoms with Crippen molar-refractivity contribution in [2.75, 3.05) is 37.9 Å². The summed E-state index contributed by atoms with van der Waals surface area (Å²) in [6.07, 6.45) is 2.62. The molecule has 0 unspecified atom stereocenters. The van der Waals surface area contributed by atoms with Crippen LogP contribution in [0.3, 0.4) is 0 Å². The summed E-state index contributed by atoms with van der Waals surface area (Å²) in [5.41, 5.74) is 2.07. The first-order chi connectivity index (χ1) is 11.7. The van der Waals surface area contributed by atoms with Gasteiger partial charge < -0.3 is 20.1 Å². The van der Waals surface area contributed by atoms with Crippen molar-refractivity contribution in [2.24, 2.45) is 0 Å². The second kappa shape index (κ2) is 8.76. The highest BCUT2D eigenvalue weighted by Gasteiger charge is 2.05. The zero-order valence-corrected chi connectivity index (χ0v) is 14.4. The van der Waals surface area contributed by atoms with Gasteiger partial charge in [-0.1, -0.05) is 12.1 Å². The minimum atomic E-state index is 0.600. The quantitative estimate of drug-likeness (QED) is 0.690. The van der Waals surface area contributed by atoms with E-state index in [0.717, 1.165) is 41.5 Å². The molecule has 0 fully saturated rings. The minimum absolute atomic E-state index is 0.600. The zero-order valence-electron chi connectivity index (χ0n) is 14.4. The van der Waals surface area contributed by atoms with Crippen LogP contribution >= 0.6 is 0 Å². The predicted octanol–water partition coefficient (Wildman–Crippen LogP) is 3.05. The third kappa shape index (κ3) is 4.87. The Bertz CT molecular complexity index is 689. The summed E-state index contributed by atoms with van der Waals surface area (Å²) in [7, 11) is 3.27. The van der Waals surface area contributed by atoms with Crippen molar-refractivity contribution < 1.29 is 9.47 Å². The van der Waals surface area contributed by atoms with Crippen LogP contribution in [0, 0.1) is 6.92 Å². The smallest absolute Gasteiger partial charge is 0.225 e. The van der Waals surface area contributed by atoms with Crippen LogP contribution in [0.25, 0.3) is 0 Å². The Balaban J connectivity index is 1.96. The molecule has 0 saturated carbocycles. The van der Waals surface area contributed by atoms with E-state index in [2.05, 4.69) is 27.2 Å². The minimum Gasteiger partial charge on any atom is -0.493 e. The number of rotatable bonds is 9. The number of nitrogens with one attached hydrogen (secondary N) is 2. The number of nitrogens with zero attached hydrogens (tertiary/aromatic N) is 2. The number of ether oxygens (including phenoxy) is 2. The van der Waals surface area contributed by atoms with Crippen molar-refractivity contribution in [3.05, 3.63) is 48.2 Å². The van der Waals surface area contributed by atoms with Crippen LogP contribution in [0.2, 0.25) is 0 Å². The van der Waals surface area contributed by atoms with Gasteiger partial charge in [0, 0.05) is 24.8 Å². The topological polar surface area (TPSA) is 68.3 Å². The second-order valence-electron chi connectivity index (χ2n) is 5.25. The average Bonchev–Trinajstić information content (AvgIpc) is 2.59. The SMILES string of the molecule is C=CCNc1nc(C)cc(NCCc2ccc(OC)c(OC)c2)n1. The molecule has 0 aliphatic rings. The number of methoxy groups -OCH3 is 2. The number of aromatic nitrogens is 2. The third-order valence-corrected chi connectivity index (χ3v) is 3.43. The summed E-state index contributed by atoms with van der Waals surface area (Å²) in [6, 6.07) is 7.86. The molecule has 1 aromatic heterocycles.